The fourth-order valence-electron chi connectivity index (χ4n) is 3.11. The van der Waals surface area contributed by atoms with Crippen molar-refractivity contribution in [1.82, 2.24) is 0 Å². The van der Waals surface area contributed by atoms with E-state index in [0.717, 1.165) is 15.5 Å². The summed E-state index contributed by atoms with van der Waals surface area (Å²) >= 11 is 1.28. The molecule has 4 aromatic rings. The average molecular weight is 391 g/mol. The Hall–Kier alpha value is -2.80. The monoisotopic (exact) mass is 391 g/mol. The van der Waals surface area contributed by atoms with Crippen LogP contribution in [0.1, 0.15) is 0 Å². The van der Waals surface area contributed by atoms with Crippen LogP contribution in [0.15, 0.2) is 60.7 Å². The molecule has 0 aliphatic heterocycles. The molecule has 0 bridgehead atoms. The second-order valence-electron chi connectivity index (χ2n) is 5.95. The third-order valence-corrected chi connectivity index (χ3v) is 5.52. The van der Waals surface area contributed by atoms with E-state index in [1.807, 2.05) is 12.1 Å². The molecule has 0 atom stereocenters. The Balaban J connectivity index is 1.88. The molecule has 0 aliphatic carbocycles. The molecule has 0 unspecified atom stereocenters. The van der Waals surface area contributed by atoms with Crippen LogP contribution in [-0.4, -0.2) is 13.4 Å². The van der Waals surface area contributed by atoms with E-state index in [0.29, 0.717) is 10.4 Å². The van der Waals surface area contributed by atoms with Gasteiger partial charge < -0.3 is 9.64 Å². The van der Waals surface area contributed by atoms with Gasteiger partial charge >= 0.3 is 6.36 Å². The molecular formula is C20H13F4NOS. The van der Waals surface area contributed by atoms with Crippen LogP contribution in [0.3, 0.4) is 0 Å². The Kier molecular flexibility index (Phi) is 4.19. The number of benzene rings is 3. The standard InChI is InChI=1S/C20H13F4NOS/c1-25(15-9-2-3-11-17(15)26-20(22,23)24)16-10-5-7-13-12-6-4-8-14(21)18(12)27-19(13)16/h2-11H,1H3. The molecule has 0 radical (unpaired) electrons. The van der Waals surface area contributed by atoms with Gasteiger partial charge in [-0.1, -0.05) is 36.4 Å². The zero-order chi connectivity index (χ0) is 19.2. The van der Waals surface area contributed by atoms with Crippen molar-refractivity contribution < 1.29 is 22.3 Å². The number of thiophene rings is 1. The summed E-state index contributed by atoms with van der Waals surface area (Å²) in [5.74, 6) is -0.611. The highest BCUT2D eigenvalue weighted by Gasteiger charge is 2.32. The van der Waals surface area contributed by atoms with Crippen molar-refractivity contribution >= 4 is 42.9 Å². The molecule has 4 rings (SSSR count). The Bertz CT molecular complexity index is 1140. The van der Waals surface area contributed by atoms with Crippen molar-refractivity contribution in [1.29, 1.82) is 0 Å². The first-order valence-corrected chi connectivity index (χ1v) is 8.85. The van der Waals surface area contributed by atoms with E-state index in [2.05, 4.69) is 4.74 Å². The number of anilines is 2. The summed E-state index contributed by atoms with van der Waals surface area (Å²) < 4.78 is 57.9. The summed E-state index contributed by atoms with van der Waals surface area (Å²) in [5, 5.41) is 1.64. The highest BCUT2D eigenvalue weighted by molar-refractivity contribution is 7.26. The normalized spacial score (nSPS) is 11.9. The molecule has 7 heteroatoms. The summed E-state index contributed by atoms with van der Waals surface area (Å²) in [7, 11) is 1.66. The summed E-state index contributed by atoms with van der Waals surface area (Å²) in [5.41, 5.74) is 0.937. The van der Waals surface area contributed by atoms with E-state index in [1.165, 1.54) is 29.5 Å². The van der Waals surface area contributed by atoms with Crippen molar-refractivity contribution in [3.8, 4) is 5.75 Å². The van der Waals surface area contributed by atoms with Gasteiger partial charge in [-0.05, 0) is 24.3 Å². The van der Waals surface area contributed by atoms with Crippen molar-refractivity contribution in [3.63, 3.8) is 0 Å². The first-order valence-electron chi connectivity index (χ1n) is 8.03. The Morgan fingerprint density at radius 1 is 0.815 bits per heavy atom. The molecule has 0 saturated heterocycles. The maximum Gasteiger partial charge on any atom is 0.573 e. The molecule has 0 N–H and O–H groups in total. The van der Waals surface area contributed by atoms with Gasteiger partial charge in [0.1, 0.15) is 5.82 Å². The third kappa shape index (κ3) is 3.19. The van der Waals surface area contributed by atoms with Crippen molar-refractivity contribution in [2.75, 3.05) is 11.9 Å². The van der Waals surface area contributed by atoms with Gasteiger partial charge in [-0.15, -0.1) is 24.5 Å². The van der Waals surface area contributed by atoms with Crippen LogP contribution in [0.4, 0.5) is 28.9 Å². The second-order valence-corrected chi connectivity index (χ2v) is 6.97. The van der Waals surface area contributed by atoms with Crippen LogP contribution < -0.4 is 9.64 Å². The average Bonchev–Trinajstić information content (AvgIpc) is 3.01. The van der Waals surface area contributed by atoms with E-state index in [9.17, 15) is 17.6 Å². The minimum Gasteiger partial charge on any atom is -0.404 e. The smallest absolute Gasteiger partial charge is 0.404 e. The Morgan fingerprint density at radius 3 is 2.19 bits per heavy atom. The van der Waals surface area contributed by atoms with Gasteiger partial charge in [0.25, 0.3) is 0 Å². The molecule has 0 amide bonds. The minimum atomic E-state index is -4.79. The number of alkyl halides is 3. The van der Waals surface area contributed by atoms with E-state index in [-0.39, 0.29) is 17.3 Å². The van der Waals surface area contributed by atoms with Crippen LogP contribution in [0.2, 0.25) is 0 Å². The largest absolute Gasteiger partial charge is 0.573 e. The van der Waals surface area contributed by atoms with Gasteiger partial charge in [-0.3, -0.25) is 0 Å². The summed E-state index contributed by atoms with van der Waals surface area (Å²) in [6.45, 7) is 0. The van der Waals surface area contributed by atoms with Crippen molar-refractivity contribution in [3.05, 3.63) is 66.5 Å². The van der Waals surface area contributed by atoms with E-state index in [4.69, 9.17) is 0 Å². The molecule has 0 fully saturated rings. The number of rotatable bonds is 3. The molecule has 3 aromatic carbocycles. The van der Waals surface area contributed by atoms with Gasteiger partial charge in [0, 0.05) is 17.8 Å². The molecule has 0 aliphatic rings. The third-order valence-electron chi connectivity index (χ3n) is 4.27. The van der Waals surface area contributed by atoms with Gasteiger partial charge in [0.2, 0.25) is 0 Å². The quantitative estimate of drug-likeness (QED) is 0.354. The lowest BCUT2D eigenvalue weighted by Gasteiger charge is -2.23. The van der Waals surface area contributed by atoms with Crippen LogP contribution in [0, 0.1) is 5.82 Å². The lowest BCUT2D eigenvalue weighted by Crippen LogP contribution is -2.19. The first kappa shape index (κ1) is 17.6. The Labute approximate surface area is 156 Å². The summed E-state index contributed by atoms with van der Waals surface area (Å²) in [6.07, 6.45) is -4.79. The number of fused-ring (bicyclic) bond motifs is 3. The van der Waals surface area contributed by atoms with Crippen molar-refractivity contribution in [2.24, 2.45) is 0 Å². The number of para-hydroxylation sites is 2. The van der Waals surface area contributed by atoms with Gasteiger partial charge in [0.05, 0.1) is 20.8 Å². The first-order chi connectivity index (χ1) is 12.8. The summed E-state index contributed by atoms with van der Waals surface area (Å²) in [4.78, 5) is 1.62. The number of nitrogens with zero attached hydrogens (tertiary/aromatic N) is 1. The van der Waals surface area contributed by atoms with Crippen LogP contribution >= 0.6 is 11.3 Å². The molecule has 138 valence electrons. The number of hydrogen-bond donors (Lipinski definition) is 0. The maximum absolute atomic E-state index is 14.2. The van der Waals surface area contributed by atoms with E-state index in [1.54, 1.807) is 42.3 Å². The lowest BCUT2D eigenvalue weighted by molar-refractivity contribution is -0.274. The van der Waals surface area contributed by atoms with Crippen molar-refractivity contribution in [2.45, 2.75) is 6.36 Å². The zero-order valence-corrected chi connectivity index (χ0v) is 14.9. The number of halogens is 4. The van der Waals surface area contributed by atoms with Crippen LogP contribution in [0.5, 0.6) is 5.75 Å². The van der Waals surface area contributed by atoms with E-state index >= 15 is 0 Å². The topological polar surface area (TPSA) is 12.5 Å². The molecule has 0 saturated carbocycles. The molecular weight excluding hydrogens is 378 g/mol. The highest BCUT2D eigenvalue weighted by Crippen LogP contribution is 2.43. The SMILES string of the molecule is CN(c1ccccc1OC(F)(F)F)c1cccc2c1sc1c(F)cccc12. The minimum absolute atomic E-state index is 0.264. The fraction of sp³-hybridized carbons (Fsp3) is 0.100. The predicted molar refractivity (Wildman–Crippen MR) is 100 cm³/mol. The predicted octanol–water partition coefficient (Wildman–Crippen LogP) is 6.86. The van der Waals surface area contributed by atoms with Gasteiger partial charge in [0.15, 0.2) is 5.75 Å². The Morgan fingerprint density at radius 2 is 1.44 bits per heavy atom. The number of ether oxygens (including phenoxy) is 1. The molecule has 0 spiro atoms. The van der Waals surface area contributed by atoms with Crippen LogP contribution in [0.25, 0.3) is 20.2 Å². The highest BCUT2D eigenvalue weighted by atomic mass is 32.1. The molecule has 27 heavy (non-hydrogen) atoms. The molecule has 1 heterocycles. The molecule has 2 nitrogen and oxygen atoms in total. The van der Waals surface area contributed by atoms with Crippen LogP contribution in [-0.2, 0) is 0 Å². The number of hydrogen-bond acceptors (Lipinski definition) is 3. The van der Waals surface area contributed by atoms with Gasteiger partial charge in [-0.25, -0.2) is 4.39 Å². The zero-order valence-electron chi connectivity index (χ0n) is 14.0. The fourth-order valence-corrected chi connectivity index (χ4v) is 4.37. The molecule has 1 aromatic heterocycles. The summed E-state index contributed by atoms with van der Waals surface area (Å²) in [6, 6.07) is 16.3. The maximum atomic E-state index is 14.2. The van der Waals surface area contributed by atoms with E-state index < -0.39 is 6.36 Å². The van der Waals surface area contributed by atoms with Gasteiger partial charge in [-0.2, -0.15) is 0 Å². The lowest BCUT2D eigenvalue weighted by atomic mass is 10.1. The second kappa shape index (κ2) is 6.42.